The maximum Gasteiger partial charge on any atom is 0.255 e. The van der Waals surface area contributed by atoms with Crippen molar-refractivity contribution in [3.63, 3.8) is 0 Å². The summed E-state index contributed by atoms with van der Waals surface area (Å²) >= 11 is 6.17. The molecule has 0 fully saturated rings. The summed E-state index contributed by atoms with van der Waals surface area (Å²) in [6, 6.07) is 5.09. The number of nitrogens with zero attached hydrogens (tertiary/aromatic N) is 4. The molecule has 4 aromatic rings. The van der Waals surface area contributed by atoms with Crippen molar-refractivity contribution in [2.75, 3.05) is 0 Å². The highest BCUT2D eigenvalue weighted by atomic mass is 35.5. The number of carbonyl (C=O) groups excluding carboxylic acids is 1. The standard InChI is InChI=1S/C20H21ClN6O2/c1-10(20(2,3)29)24-19(28)13-8-22-18-17(13)25-14(9-23-18)16-12-7-11(21)5-6-15(12)27(4)26-16/h5-10,29H,1-4H3,(H,22,23)(H,24,28)/t10-/m1/s1. The summed E-state index contributed by atoms with van der Waals surface area (Å²) in [5, 5.41) is 18.9. The number of H-pyrrole nitrogens is 1. The Kier molecular flexibility index (Phi) is 4.55. The van der Waals surface area contributed by atoms with Crippen LogP contribution in [0.3, 0.4) is 0 Å². The predicted octanol–water partition coefficient (Wildman–Crippen LogP) is 3.05. The fourth-order valence-corrected chi connectivity index (χ4v) is 3.23. The molecule has 1 aromatic carbocycles. The third kappa shape index (κ3) is 3.45. The third-order valence-electron chi connectivity index (χ3n) is 5.09. The smallest absolute Gasteiger partial charge is 0.255 e. The lowest BCUT2D eigenvalue weighted by molar-refractivity contribution is 0.0409. The molecule has 29 heavy (non-hydrogen) atoms. The van der Waals surface area contributed by atoms with Gasteiger partial charge < -0.3 is 15.4 Å². The minimum absolute atomic E-state index is 0.341. The molecule has 0 saturated heterocycles. The summed E-state index contributed by atoms with van der Waals surface area (Å²) in [5.74, 6) is -0.341. The summed E-state index contributed by atoms with van der Waals surface area (Å²) in [5.41, 5.74) is 2.31. The average molecular weight is 413 g/mol. The zero-order chi connectivity index (χ0) is 20.9. The van der Waals surface area contributed by atoms with Crippen LogP contribution in [0.25, 0.3) is 33.5 Å². The molecule has 0 spiro atoms. The van der Waals surface area contributed by atoms with Gasteiger partial charge in [-0.2, -0.15) is 5.10 Å². The highest BCUT2D eigenvalue weighted by Crippen LogP contribution is 2.29. The minimum atomic E-state index is -1.05. The Morgan fingerprint density at radius 1 is 1.38 bits per heavy atom. The van der Waals surface area contributed by atoms with Crippen LogP contribution in [0.5, 0.6) is 0 Å². The number of nitrogens with one attached hydrogen (secondary N) is 2. The fraction of sp³-hybridized carbons (Fsp3) is 0.300. The second kappa shape index (κ2) is 6.82. The van der Waals surface area contributed by atoms with Crippen LogP contribution in [0.1, 0.15) is 31.1 Å². The molecule has 0 unspecified atom stereocenters. The SMILES string of the molecule is C[C@@H](NC(=O)c1c[nH]c2ncc(-c3nn(C)c4ccc(Cl)cc34)nc12)C(C)(C)O. The van der Waals surface area contributed by atoms with Crippen LogP contribution in [0, 0.1) is 0 Å². The minimum Gasteiger partial charge on any atom is -0.388 e. The van der Waals surface area contributed by atoms with Gasteiger partial charge in [-0.3, -0.25) is 9.48 Å². The van der Waals surface area contributed by atoms with Crippen molar-refractivity contribution in [3.8, 4) is 11.4 Å². The van der Waals surface area contributed by atoms with Crippen molar-refractivity contribution in [1.29, 1.82) is 0 Å². The molecule has 0 saturated carbocycles. The third-order valence-corrected chi connectivity index (χ3v) is 5.32. The zero-order valence-corrected chi connectivity index (χ0v) is 17.2. The van der Waals surface area contributed by atoms with Crippen molar-refractivity contribution >= 4 is 39.6 Å². The first-order valence-corrected chi connectivity index (χ1v) is 9.53. The van der Waals surface area contributed by atoms with E-state index in [0.717, 1.165) is 10.9 Å². The molecule has 1 atom stereocenters. The highest BCUT2D eigenvalue weighted by Gasteiger charge is 2.26. The lowest BCUT2D eigenvalue weighted by Crippen LogP contribution is -2.47. The number of hydrogen-bond donors (Lipinski definition) is 3. The van der Waals surface area contributed by atoms with Gasteiger partial charge in [0.25, 0.3) is 5.91 Å². The molecule has 0 aliphatic rings. The Labute approximate surface area is 171 Å². The number of benzene rings is 1. The molecule has 9 heteroatoms. The molecule has 8 nitrogen and oxygen atoms in total. The van der Waals surface area contributed by atoms with E-state index in [1.54, 1.807) is 37.8 Å². The van der Waals surface area contributed by atoms with Crippen LogP contribution < -0.4 is 5.32 Å². The zero-order valence-electron chi connectivity index (χ0n) is 16.5. The number of aromatic nitrogens is 5. The van der Waals surface area contributed by atoms with E-state index in [2.05, 4.69) is 25.4 Å². The second-order valence-electron chi connectivity index (χ2n) is 7.64. The molecule has 0 radical (unpaired) electrons. The van der Waals surface area contributed by atoms with Crippen molar-refractivity contribution in [2.24, 2.45) is 7.05 Å². The predicted molar refractivity (Wildman–Crippen MR) is 112 cm³/mol. The fourth-order valence-electron chi connectivity index (χ4n) is 3.06. The maximum absolute atomic E-state index is 12.7. The van der Waals surface area contributed by atoms with Crippen LogP contribution in [0.4, 0.5) is 0 Å². The average Bonchev–Trinajstić information content (AvgIpc) is 3.21. The number of rotatable bonds is 4. The molecule has 3 N–H and O–H groups in total. The monoisotopic (exact) mass is 412 g/mol. The van der Waals surface area contributed by atoms with Crippen LogP contribution in [-0.2, 0) is 7.05 Å². The van der Waals surface area contributed by atoms with Crippen LogP contribution in [-0.4, -0.2) is 47.4 Å². The Hall–Kier alpha value is -2.97. The number of fused-ring (bicyclic) bond motifs is 2. The number of halogens is 1. The highest BCUT2D eigenvalue weighted by molar-refractivity contribution is 6.31. The van der Waals surface area contributed by atoms with Gasteiger partial charge in [-0.05, 0) is 39.0 Å². The molecule has 150 valence electrons. The number of aliphatic hydroxyl groups is 1. The van der Waals surface area contributed by atoms with E-state index in [1.807, 2.05) is 25.2 Å². The molecule has 1 amide bonds. The Balaban J connectivity index is 1.79. The normalized spacial score (nSPS) is 13.2. The number of aryl methyl sites for hydroxylation is 1. The summed E-state index contributed by atoms with van der Waals surface area (Å²) in [6.45, 7) is 5.03. The molecule has 0 bridgehead atoms. The van der Waals surface area contributed by atoms with E-state index in [1.165, 1.54) is 0 Å². The van der Waals surface area contributed by atoms with Crippen LogP contribution in [0.2, 0.25) is 5.02 Å². The van der Waals surface area contributed by atoms with E-state index < -0.39 is 11.6 Å². The molecule has 4 rings (SSSR count). The van der Waals surface area contributed by atoms with Gasteiger partial charge in [-0.25, -0.2) is 9.97 Å². The van der Waals surface area contributed by atoms with Gasteiger partial charge in [-0.1, -0.05) is 11.6 Å². The van der Waals surface area contributed by atoms with Gasteiger partial charge in [0.05, 0.1) is 28.9 Å². The number of hydrogen-bond acceptors (Lipinski definition) is 5. The van der Waals surface area contributed by atoms with E-state index in [0.29, 0.717) is 33.1 Å². The summed E-state index contributed by atoms with van der Waals surface area (Å²) < 4.78 is 1.75. The van der Waals surface area contributed by atoms with Gasteiger partial charge in [0.2, 0.25) is 0 Å². The van der Waals surface area contributed by atoms with Gasteiger partial charge in [-0.15, -0.1) is 0 Å². The topological polar surface area (TPSA) is 109 Å². The molecule has 3 heterocycles. The van der Waals surface area contributed by atoms with E-state index in [-0.39, 0.29) is 5.91 Å². The Morgan fingerprint density at radius 2 is 2.14 bits per heavy atom. The van der Waals surface area contributed by atoms with Crippen LogP contribution in [0.15, 0.2) is 30.6 Å². The Bertz CT molecular complexity index is 1240. The Morgan fingerprint density at radius 3 is 2.86 bits per heavy atom. The number of aromatic amines is 1. The molecule has 3 aromatic heterocycles. The molecule has 0 aliphatic heterocycles. The molecule has 0 aliphatic carbocycles. The van der Waals surface area contributed by atoms with E-state index in [4.69, 9.17) is 11.6 Å². The van der Waals surface area contributed by atoms with E-state index in [9.17, 15) is 9.90 Å². The lowest BCUT2D eigenvalue weighted by Gasteiger charge is -2.26. The van der Waals surface area contributed by atoms with Gasteiger partial charge in [0.1, 0.15) is 16.9 Å². The van der Waals surface area contributed by atoms with Crippen molar-refractivity contribution in [3.05, 3.63) is 41.2 Å². The first kappa shape index (κ1) is 19.4. The quantitative estimate of drug-likeness (QED) is 0.477. The van der Waals surface area contributed by atoms with Crippen molar-refractivity contribution in [1.82, 2.24) is 30.0 Å². The van der Waals surface area contributed by atoms with Gasteiger partial charge >= 0.3 is 0 Å². The van der Waals surface area contributed by atoms with Gasteiger partial charge in [0.15, 0.2) is 5.65 Å². The van der Waals surface area contributed by atoms with Crippen molar-refractivity contribution < 1.29 is 9.90 Å². The maximum atomic E-state index is 12.7. The summed E-state index contributed by atoms with van der Waals surface area (Å²) in [6.07, 6.45) is 3.18. The number of carbonyl (C=O) groups is 1. The second-order valence-corrected chi connectivity index (χ2v) is 8.07. The summed E-state index contributed by atoms with van der Waals surface area (Å²) in [7, 11) is 1.85. The molecular weight excluding hydrogens is 392 g/mol. The number of amides is 1. The summed E-state index contributed by atoms with van der Waals surface area (Å²) in [4.78, 5) is 24.8. The molecular formula is C20H21ClN6O2. The van der Waals surface area contributed by atoms with Crippen molar-refractivity contribution in [2.45, 2.75) is 32.4 Å². The van der Waals surface area contributed by atoms with Crippen LogP contribution >= 0.6 is 11.6 Å². The first-order chi connectivity index (χ1) is 13.6. The largest absolute Gasteiger partial charge is 0.388 e. The van der Waals surface area contributed by atoms with Gasteiger partial charge in [0, 0.05) is 23.7 Å². The van der Waals surface area contributed by atoms with E-state index >= 15 is 0 Å². The first-order valence-electron chi connectivity index (χ1n) is 9.15. The lowest BCUT2D eigenvalue weighted by atomic mass is 10.0.